The first-order chi connectivity index (χ1) is 6.76. The third kappa shape index (κ3) is 3.35. The molecule has 0 aromatic heterocycles. The summed E-state index contributed by atoms with van der Waals surface area (Å²) in [6, 6.07) is 2.21. The van der Waals surface area contributed by atoms with Crippen LogP contribution in [0.1, 0.15) is 19.3 Å². The zero-order valence-electron chi connectivity index (χ0n) is 8.62. The lowest BCUT2D eigenvalue weighted by Gasteiger charge is -2.30. The molecule has 0 saturated carbocycles. The number of nitrogens with one attached hydrogen (secondary N) is 1. The Morgan fingerprint density at radius 3 is 2.71 bits per heavy atom. The minimum absolute atomic E-state index is 0.0729. The Hall–Kier alpha value is -1.08. The number of nitriles is 1. The van der Waals surface area contributed by atoms with Crippen molar-refractivity contribution in [3.63, 3.8) is 0 Å². The molecule has 0 aromatic carbocycles. The van der Waals surface area contributed by atoms with Gasteiger partial charge in [0.1, 0.15) is 0 Å². The van der Waals surface area contributed by atoms with Gasteiger partial charge in [-0.2, -0.15) is 5.26 Å². The van der Waals surface area contributed by atoms with Crippen LogP contribution >= 0.6 is 0 Å². The Bertz CT molecular complexity index is 226. The molecule has 0 aliphatic carbocycles. The van der Waals surface area contributed by atoms with Crippen molar-refractivity contribution in [2.24, 2.45) is 5.92 Å². The fraction of sp³-hybridized carbons (Fsp3) is 0.800. The highest BCUT2D eigenvalue weighted by molar-refractivity contribution is 5.77. The van der Waals surface area contributed by atoms with Gasteiger partial charge in [-0.1, -0.05) is 0 Å². The summed E-state index contributed by atoms with van der Waals surface area (Å²) in [5.74, 6) is 0.615. The molecule has 1 amide bonds. The maximum absolute atomic E-state index is 11.1. The van der Waals surface area contributed by atoms with Crippen molar-refractivity contribution in [3.05, 3.63) is 0 Å². The largest absolute Gasteiger partial charge is 0.358 e. The van der Waals surface area contributed by atoms with Gasteiger partial charge in [-0.25, -0.2) is 0 Å². The van der Waals surface area contributed by atoms with Gasteiger partial charge in [0.25, 0.3) is 0 Å². The normalized spacial score (nSPS) is 18.9. The topological polar surface area (TPSA) is 56.1 Å². The van der Waals surface area contributed by atoms with Crippen LogP contribution < -0.4 is 5.32 Å². The third-order valence-electron chi connectivity index (χ3n) is 2.73. The van der Waals surface area contributed by atoms with Crippen LogP contribution in [0.15, 0.2) is 0 Å². The lowest BCUT2D eigenvalue weighted by atomic mass is 9.94. The molecule has 0 unspecified atom stereocenters. The highest BCUT2D eigenvalue weighted by Gasteiger charge is 2.19. The summed E-state index contributed by atoms with van der Waals surface area (Å²) in [7, 11) is 1.66. The second-order valence-corrected chi connectivity index (χ2v) is 3.75. The molecule has 1 fully saturated rings. The quantitative estimate of drug-likeness (QED) is 0.707. The van der Waals surface area contributed by atoms with Crippen molar-refractivity contribution in [1.82, 2.24) is 10.2 Å². The van der Waals surface area contributed by atoms with Crippen molar-refractivity contribution >= 4 is 5.91 Å². The van der Waals surface area contributed by atoms with Crippen molar-refractivity contribution in [1.29, 1.82) is 5.26 Å². The van der Waals surface area contributed by atoms with Gasteiger partial charge in [-0.15, -0.1) is 0 Å². The minimum Gasteiger partial charge on any atom is -0.358 e. The van der Waals surface area contributed by atoms with E-state index in [2.05, 4.69) is 16.3 Å². The summed E-state index contributed by atoms with van der Waals surface area (Å²) in [5.41, 5.74) is 0. The van der Waals surface area contributed by atoms with Crippen LogP contribution in [0.3, 0.4) is 0 Å². The van der Waals surface area contributed by atoms with Crippen LogP contribution in [0.2, 0.25) is 0 Å². The predicted octanol–water partition coefficient (Wildman–Crippen LogP) is 0.358. The smallest absolute Gasteiger partial charge is 0.233 e. The number of piperidine rings is 1. The van der Waals surface area contributed by atoms with Crippen LogP contribution in [-0.2, 0) is 4.79 Å². The van der Waals surface area contributed by atoms with Crippen LogP contribution in [0.5, 0.6) is 0 Å². The van der Waals surface area contributed by atoms with Crippen molar-refractivity contribution in [3.8, 4) is 6.07 Å². The molecule has 1 aliphatic rings. The third-order valence-corrected chi connectivity index (χ3v) is 2.73. The minimum atomic E-state index is 0.0729. The maximum atomic E-state index is 11.1. The number of rotatable bonds is 3. The molecule has 1 rings (SSSR count). The standard InChI is InChI=1S/C10H17N3O/c1-12-10(14)8-13-6-3-9(2-5-11)4-7-13/h9H,2-4,6-8H2,1H3,(H,12,14). The SMILES string of the molecule is CNC(=O)CN1CCC(CC#N)CC1. The van der Waals surface area contributed by atoms with Crippen LogP contribution in [0, 0.1) is 17.2 Å². The van der Waals surface area contributed by atoms with Crippen molar-refractivity contribution in [2.45, 2.75) is 19.3 Å². The van der Waals surface area contributed by atoms with E-state index in [4.69, 9.17) is 5.26 Å². The van der Waals surface area contributed by atoms with E-state index in [0.29, 0.717) is 18.9 Å². The van der Waals surface area contributed by atoms with E-state index in [1.54, 1.807) is 7.05 Å². The van der Waals surface area contributed by atoms with Gasteiger partial charge >= 0.3 is 0 Å². The number of carbonyl (C=O) groups excluding carboxylic acids is 1. The molecule has 4 nitrogen and oxygen atoms in total. The molecule has 1 heterocycles. The number of nitrogens with zero attached hydrogens (tertiary/aromatic N) is 2. The highest BCUT2D eigenvalue weighted by atomic mass is 16.1. The molecule has 0 aromatic rings. The van der Waals surface area contributed by atoms with Gasteiger partial charge < -0.3 is 5.32 Å². The molecule has 0 atom stereocenters. The van der Waals surface area contributed by atoms with Gasteiger partial charge in [-0.05, 0) is 31.8 Å². The van der Waals surface area contributed by atoms with Gasteiger partial charge in [0, 0.05) is 13.5 Å². The second kappa shape index (κ2) is 5.61. The van der Waals surface area contributed by atoms with E-state index >= 15 is 0 Å². The number of carbonyl (C=O) groups is 1. The Kier molecular flexibility index (Phi) is 4.41. The Labute approximate surface area is 84.9 Å². The summed E-state index contributed by atoms with van der Waals surface area (Å²) in [4.78, 5) is 13.2. The van der Waals surface area contributed by atoms with Crippen LogP contribution in [-0.4, -0.2) is 37.5 Å². The summed E-state index contributed by atoms with van der Waals surface area (Å²) in [6.45, 7) is 2.38. The molecule has 78 valence electrons. The molecule has 1 aliphatic heterocycles. The highest BCUT2D eigenvalue weighted by Crippen LogP contribution is 2.19. The van der Waals surface area contributed by atoms with E-state index in [0.717, 1.165) is 25.9 Å². The monoisotopic (exact) mass is 195 g/mol. The molecule has 0 radical (unpaired) electrons. The molecule has 4 heteroatoms. The first kappa shape index (κ1) is 11.0. The number of hydrogen-bond acceptors (Lipinski definition) is 3. The molecule has 14 heavy (non-hydrogen) atoms. The molecule has 0 spiro atoms. The van der Waals surface area contributed by atoms with Gasteiger partial charge in [0.15, 0.2) is 0 Å². The zero-order chi connectivity index (χ0) is 10.4. The molecular weight excluding hydrogens is 178 g/mol. The number of amides is 1. The molecule has 0 bridgehead atoms. The van der Waals surface area contributed by atoms with Crippen molar-refractivity contribution in [2.75, 3.05) is 26.7 Å². The maximum Gasteiger partial charge on any atom is 0.233 e. The van der Waals surface area contributed by atoms with E-state index < -0.39 is 0 Å². The average Bonchev–Trinajstić information content (AvgIpc) is 2.21. The fourth-order valence-corrected chi connectivity index (χ4v) is 1.76. The second-order valence-electron chi connectivity index (χ2n) is 3.75. The number of likely N-dealkylation sites (tertiary alicyclic amines) is 1. The lowest BCUT2D eigenvalue weighted by molar-refractivity contribution is -0.122. The fourth-order valence-electron chi connectivity index (χ4n) is 1.76. The predicted molar refractivity (Wildman–Crippen MR) is 53.5 cm³/mol. The zero-order valence-corrected chi connectivity index (χ0v) is 8.62. The molecular formula is C10H17N3O. The van der Waals surface area contributed by atoms with Crippen LogP contribution in [0.4, 0.5) is 0 Å². The Morgan fingerprint density at radius 1 is 1.57 bits per heavy atom. The van der Waals surface area contributed by atoms with Gasteiger partial charge in [0.2, 0.25) is 5.91 Å². The summed E-state index contributed by atoms with van der Waals surface area (Å²) < 4.78 is 0. The van der Waals surface area contributed by atoms with E-state index in [-0.39, 0.29) is 5.91 Å². The Morgan fingerprint density at radius 2 is 2.21 bits per heavy atom. The van der Waals surface area contributed by atoms with Crippen LogP contribution in [0.25, 0.3) is 0 Å². The Balaban J connectivity index is 2.22. The van der Waals surface area contributed by atoms with E-state index in [1.807, 2.05) is 0 Å². The lowest BCUT2D eigenvalue weighted by Crippen LogP contribution is -2.40. The number of likely N-dealkylation sites (N-methyl/N-ethyl adjacent to an activating group) is 1. The number of hydrogen-bond donors (Lipinski definition) is 1. The van der Waals surface area contributed by atoms with Crippen molar-refractivity contribution < 1.29 is 4.79 Å². The van der Waals surface area contributed by atoms with Gasteiger partial charge in [-0.3, -0.25) is 9.69 Å². The summed E-state index contributed by atoms with van der Waals surface area (Å²) in [5, 5.41) is 11.2. The van der Waals surface area contributed by atoms with Gasteiger partial charge in [0.05, 0.1) is 12.6 Å². The molecule has 1 N–H and O–H groups in total. The van der Waals surface area contributed by atoms with E-state index in [1.165, 1.54) is 0 Å². The first-order valence-electron chi connectivity index (χ1n) is 5.06. The average molecular weight is 195 g/mol. The van der Waals surface area contributed by atoms with E-state index in [9.17, 15) is 4.79 Å². The molecule has 1 saturated heterocycles. The summed E-state index contributed by atoms with van der Waals surface area (Å²) >= 11 is 0. The first-order valence-corrected chi connectivity index (χ1v) is 5.06. The summed E-state index contributed by atoms with van der Waals surface area (Å²) in [6.07, 6.45) is 2.75.